The molecule has 0 bridgehead atoms. The molecule has 1 aromatic carbocycles. The lowest BCUT2D eigenvalue weighted by Crippen LogP contribution is -2.33. The zero-order chi connectivity index (χ0) is 14.0. The number of rotatable bonds is 3. The number of nitrogens with one attached hydrogen (secondary N) is 1. The van der Waals surface area contributed by atoms with E-state index in [0.29, 0.717) is 0 Å². The van der Waals surface area contributed by atoms with Gasteiger partial charge >= 0.3 is 6.18 Å². The monoisotopic (exact) mass is 281 g/mol. The Morgan fingerprint density at radius 1 is 1.22 bits per heavy atom. The van der Waals surface area contributed by atoms with E-state index >= 15 is 0 Å². The number of carbonyl (C=O) groups is 1. The summed E-state index contributed by atoms with van der Waals surface area (Å²) in [6.45, 7) is -1.43. The number of halogens is 3. The van der Waals surface area contributed by atoms with Crippen LogP contribution in [0.2, 0.25) is 0 Å². The maximum absolute atomic E-state index is 11.9. The smallest absolute Gasteiger partial charge is 0.343 e. The molecular formula is C10H10F3NO3S. The average Bonchev–Trinajstić information content (AvgIpc) is 2.24. The summed E-state index contributed by atoms with van der Waals surface area (Å²) in [5, 5.41) is 1.68. The summed E-state index contributed by atoms with van der Waals surface area (Å²) in [5.74, 6) is -0.910. The van der Waals surface area contributed by atoms with Gasteiger partial charge in [0.1, 0.15) is 6.54 Å². The van der Waals surface area contributed by atoms with E-state index in [1.807, 2.05) is 0 Å². The van der Waals surface area contributed by atoms with E-state index < -0.39 is 28.5 Å². The van der Waals surface area contributed by atoms with Gasteiger partial charge in [-0.2, -0.15) is 13.2 Å². The van der Waals surface area contributed by atoms with E-state index in [1.165, 1.54) is 0 Å². The Balaban J connectivity index is 2.77. The molecule has 18 heavy (non-hydrogen) atoms. The molecule has 4 nitrogen and oxygen atoms in total. The van der Waals surface area contributed by atoms with Gasteiger partial charge in [-0.3, -0.25) is 4.79 Å². The highest BCUT2D eigenvalue weighted by Gasteiger charge is 2.27. The molecule has 0 radical (unpaired) electrons. The molecule has 1 amide bonds. The third kappa shape index (κ3) is 4.36. The van der Waals surface area contributed by atoms with Crippen LogP contribution in [-0.4, -0.2) is 33.3 Å². The van der Waals surface area contributed by atoms with Gasteiger partial charge in [0.25, 0.3) is 5.91 Å². The lowest BCUT2D eigenvalue weighted by Gasteiger charge is -2.08. The normalized spacial score (nSPS) is 12.2. The molecule has 0 unspecified atom stereocenters. The van der Waals surface area contributed by atoms with Gasteiger partial charge < -0.3 is 5.32 Å². The summed E-state index contributed by atoms with van der Waals surface area (Å²) in [6.07, 6.45) is -3.49. The molecule has 100 valence electrons. The second-order valence-electron chi connectivity index (χ2n) is 3.59. The molecule has 0 aliphatic carbocycles. The Labute approximate surface area is 102 Å². The Morgan fingerprint density at radius 2 is 1.72 bits per heavy atom. The highest BCUT2D eigenvalue weighted by Crippen LogP contribution is 2.13. The number of hydrogen-bond donors (Lipinski definition) is 1. The van der Waals surface area contributed by atoms with Gasteiger partial charge in [0.15, 0.2) is 9.84 Å². The summed E-state index contributed by atoms with van der Waals surface area (Å²) < 4.78 is 57.8. The van der Waals surface area contributed by atoms with Crippen LogP contribution < -0.4 is 5.32 Å². The summed E-state index contributed by atoms with van der Waals surface area (Å²) in [7, 11) is -3.39. The molecule has 0 spiro atoms. The van der Waals surface area contributed by atoms with Crippen molar-refractivity contribution in [3.05, 3.63) is 29.8 Å². The number of benzene rings is 1. The van der Waals surface area contributed by atoms with Gasteiger partial charge in [-0.25, -0.2) is 8.42 Å². The maximum atomic E-state index is 11.9. The molecule has 1 rings (SSSR count). The van der Waals surface area contributed by atoms with Gasteiger partial charge in [0, 0.05) is 11.8 Å². The fourth-order valence-corrected chi connectivity index (χ4v) is 1.77. The highest BCUT2D eigenvalue weighted by atomic mass is 32.2. The summed E-state index contributed by atoms with van der Waals surface area (Å²) in [4.78, 5) is 11.3. The predicted octanol–water partition coefficient (Wildman–Crippen LogP) is 1.38. The predicted molar refractivity (Wildman–Crippen MR) is 57.9 cm³/mol. The first-order valence-corrected chi connectivity index (χ1v) is 6.64. The standard InChI is InChI=1S/C10H10F3NO3S/c1-18(16,17)8-4-2-7(3-5-8)9(15)14-6-10(11,12)13/h2-5H,6H2,1H3,(H,14,15). The van der Waals surface area contributed by atoms with Crippen LogP contribution in [0, 0.1) is 0 Å². The van der Waals surface area contributed by atoms with E-state index in [0.717, 1.165) is 30.5 Å². The van der Waals surface area contributed by atoms with Gasteiger partial charge in [0.2, 0.25) is 0 Å². The molecule has 0 saturated carbocycles. The second-order valence-corrected chi connectivity index (χ2v) is 5.61. The SMILES string of the molecule is CS(=O)(=O)c1ccc(C(=O)NCC(F)(F)F)cc1. The Kier molecular flexibility index (Phi) is 4.00. The van der Waals surface area contributed by atoms with Crippen molar-refractivity contribution in [1.82, 2.24) is 5.32 Å². The van der Waals surface area contributed by atoms with Crippen molar-refractivity contribution < 1.29 is 26.4 Å². The van der Waals surface area contributed by atoms with Crippen molar-refractivity contribution in [2.75, 3.05) is 12.8 Å². The number of alkyl halides is 3. The van der Waals surface area contributed by atoms with Crippen LogP contribution in [0.25, 0.3) is 0 Å². The first-order valence-electron chi connectivity index (χ1n) is 4.75. The van der Waals surface area contributed by atoms with Gasteiger partial charge in [-0.05, 0) is 24.3 Å². The minimum atomic E-state index is -4.48. The molecule has 0 saturated heterocycles. The van der Waals surface area contributed by atoms with Crippen molar-refractivity contribution in [2.24, 2.45) is 0 Å². The van der Waals surface area contributed by atoms with E-state index in [1.54, 1.807) is 5.32 Å². The lowest BCUT2D eigenvalue weighted by atomic mass is 10.2. The first-order chi connectivity index (χ1) is 8.09. The van der Waals surface area contributed by atoms with Crippen LogP contribution in [0.3, 0.4) is 0 Å². The van der Waals surface area contributed by atoms with Crippen LogP contribution >= 0.6 is 0 Å². The van der Waals surface area contributed by atoms with E-state index in [4.69, 9.17) is 0 Å². The average molecular weight is 281 g/mol. The Hall–Kier alpha value is -1.57. The zero-order valence-corrected chi connectivity index (χ0v) is 10.1. The number of sulfone groups is 1. The molecule has 0 atom stereocenters. The van der Waals surface area contributed by atoms with Crippen molar-refractivity contribution in [2.45, 2.75) is 11.1 Å². The molecule has 1 aromatic rings. The quantitative estimate of drug-likeness (QED) is 0.910. The van der Waals surface area contributed by atoms with Crippen molar-refractivity contribution in [3.63, 3.8) is 0 Å². The minimum absolute atomic E-state index is 0.00475. The van der Waals surface area contributed by atoms with E-state index in [2.05, 4.69) is 0 Å². The number of amides is 1. The third-order valence-corrected chi connectivity index (χ3v) is 3.12. The molecule has 0 heterocycles. The van der Waals surface area contributed by atoms with Crippen LogP contribution in [0.4, 0.5) is 13.2 Å². The van der Waals surface area contributed by atoms with Crippen LogP contribution in [-0.2, 0) is 9.84 Å². The van der Waals surface area contributed by atoms with E-state index in [-0.39, 0.29) is 10.5 Å². The molecular weight excluding hydrogens is 271 g/mol. The summed E-state index contributed by atoms with van der Waals surface area (Å²) in [6, 6.07) is 4.64. The molecule has 8 heteroatoms. The largest absolute Gasteiger partial charge is 0.405 e. The van der Waals surface area contributed by atoms with Crippen LogP contribution in [0.5, 0.6) is 0 Å². The third-order valence-electron chi connectivity index (χ3n) is 1.99. The molecule has 0 aliphatic heterocycles. The fraction of sp³-hybridized carbons (Fsp3) is 0.300. The maximum Gasteiger partial charge on any atom is 0.405 e. The van der Waals surface area contributed by atoms with Crippen LogP contribution in [0.1, 0.15) is 10.4 Å². The Morgan fingerprint density at radius 3 is 2.11 bits per heavy atom. The first kappa shape index (κ1) is 14.5. The number of carbonyl (C=O) groups excluding carboxylic acids is 1. The minimum Gasteiger partial charge on any atom is -0.343 e. The highest BCUT2D eigenvalue weighted by molar-refractivity contribution is 7.90. The van der Waals surface area contributed by atoms with Crippen molar-refractivity contribution in [3.8, 4) is 0 Å². The van der Waals surface area contributed by atoms with Crippen LogP contribution in [0.15, 0.2) is 29.2 Å². The van der Waals surface area contributed by atoms with Gasteiger partial charge in [-0.1, -0.05) is 0 Å². The molecule has 0 aromatic heterocycles. The Bertz CT molecular complexity index is 534. The van der Waals surface area contributed by atoms with Gasteiger partial charge in [0.05, 0.1) is 4.90 Å². The fourth-order valence-electron chi connectivity index (χ4n) is 1.14. The summed E-state index contributed by atoms with van der Waals surface area (Å²) >= 11 is 0. The topological polar surface area (TPSA) is 63.2 Å². The summed E-state index contributed by atoms with van der Waals surface area (Å²) in [5.41, 5.74) is -0.0355. The second kappa shape index (κ2) is 4.97. The lowest BCUT2D eigenvalue weighted by molar-refractivity contribution is -0.123. The van der Waals surface area contributed by atoms with Crippen molar-refractivity contribution in [1.29, 1.82) is 0 Å². The zero-order valence-electron chi connectivity index (χ0n) is 9.28. The van der Waals surface area contributed by atoms with Gasteiger partial charge in [-0.15, -0.1) is 0 Å². The molecule has 0 aliphatic rings. The molecule has 1 N–H and O–H groups in total. The van der Waals surface area contributed by atoms with Crippen molar-refractivity contribution >= 4 is 15.7 Å². The molecule has 0 fully saturated rings. The van der Waals surface area contributed by atoms with E-state index in [9.17, 15) is 26.4 Å². The number of hydrogen-bond acceptors (Lipinski definition) is 3.